The highest BCUT2D eigenvalue weighted by Crippen LogP contribution is 2.30. The molecule has 1 aromatic carbocycles. The van der Waals surface area contributed by atoms with E-state index in [0.717, 1.165) is 36.0 Å². The highest BCUT2D eigenvalue weighted by molar-refractivity contribution is 5.94. The van der Waals surface area contributed by atoms with E-state index in [1.807, 2.05) is 30.3 Å². The van der Waals surface area contributed by atoms with Crippen molar-refractivity contribution in [3.63, 3.8) is 0 Å². The van der Waals surface area contributed by atoms with Gasteiger partial charge in [-0.2, -0.15) is 0 Å². The van der Waals surface area contributed by atoms with Crippen LogP contribution in [0.25, 0.3) is 0 Å². The number of ether oxygens (including phenoxy) is 3. The van der Waals surface area contributed by atoms with Crippen LogP contribution in [0.15, 0.2) is 36.5 Å². The minimum atomic E-state index is -0.155. The molecule has 2 aliphatic rings. The van der Waals surface area contributed by atoms with E-state index in [0.29, 0.717) is 25.3 Å². The van der Waals surface area contributed by atoms with Crippen LogP contribution in [0.4, 0.5) is 5.82 Å². The molecule has 1 fully saturated rings. The van der Waals surface area contributed by atoms with Gasteiger partial charge in [-0.1, -0.05) is 6.07 Å². The Bertz CT molecular complexity index is 830. The number of fused-ring (bicyclic) bond motifs is 1. The van der Waals surface area contributed by atoms with E-state index in [1.54, 1.807) is 6.20 Å². The number of pyridine rings is 1. The van der Waals surface area contributed by atoms with Gasteiger partial charge in [-0.15, -0.1) is 0 Å². The highest BCUT2D eigenvalue weighted by Gasteiger charge is 2.23. The molecule has 1 aromatic heterocycles. The topological polar surface area (TPSA) is 72.9 Å². The molecule has 1 amide bonds. The van der Waals surface area contributed by atoms with E-state index < -0.39 is 0 Å². The summed E-state index contributed by atoms with van der Waals surface area (Å²) in [7, 11) is 0. The molecule has 2 aliphatic heterocycles. The number of hydrogen-bond acceptors (Lipinski definition) is 6. The van der Waals surface area contributed by atoms with Crippen molar-refractivity contribution in [2.24, 2.45) is 0 Å². The first-order valence-corrected chi connectivity index (χ1v) is 9.61. The zero-order chi connectivity index (χ0) is 19.5. The van der Waals surface area contributed by atoms with Gasteiger partial charge in [0.1, 0.15) is 19.0 Å². The Kier molecular flexibility index (Phi) is 5.34. The molecule has 0 saturated carbocycles. The molecule has 148 valence electrons. The molecular weight excluding hydrogens is 358 g/mol. The minimum Gasteiger partial charge on any atom is -0.486 e. The standard InChI is InChI=1S/C21H25N3O4/c1-14-12-24(13-15(2)28-14)20-6-4-17(11-22-20)21(25)23-10-16-3-5-18-19(9-16)27-8-7-26-18/h3-6,9,11,14-15H,7-8,10,12-13H2,1-2H3,(H,23,25)/t14-,15-/m1/s1. The van der Waals surface area contributed by atoms with E-state index in [4.69, 9.17) is 14.2 Å². The van der Waals surface area contributed by atoms with E-state index in [9.17, 15) is 4.79 Å². The lowest BCUT2D eigenvalue weighted by atomic mass is 10.2. The van der Waals surface area contributed by atoms with Crippen molar-refractivity contribution in [1.29, 1.82) is 0 Å². The van der Waals surface area contributed by atoms with Crippen LogP contribution in [-0.2, 0) is 11.3 Å². The fourth-order valence-electron chi connectivity index (χ4n) is 3.55. The normalized spacial score (nSPS) is 21.3. The lowest BCUT2D eigenvalue weighted by Crippen LogP contribution is -2.45. The summed E-state index contributed by atoms with van der Waals surface area (Å²) in [5.74, 6) is 2.17. The van der Waals surface area contributed by atoms with Gasteiger partial charge < -0.3 is 24.4 Å². The number of carbonyl (C=O) groups is 1. The van der Waals surface area contributed by atoms with Gasteiger partial charge in [0.2, 0.25) is 0 Å². The van der Waals surface area contributed by atoms with Gasteiger partial charge in [-0.25, -0.2) is 4.98 Å². The van der Waals surface area contributed by atoms with Crippen molar-refractivity contribution in [1.82, 2.24) is 10.3 Å². The van der Waals surface area contributed by atoms with E-state index in [-0.39, 0.29) is 18.1 Å². The molecule has 7 nitrogen and oxygen atoms in total. The third-order valence-corrected chi connectivity index (χ3v) is 4.81. The lowest BCUT2D eigenvalue weighted by molar-refractivity contribution is -0.00546. The van der Waals surface area contributed by atoms with Crippen LogP contribution in [0.2, 0.25) is 0 Å². The van der Waals surface area contributed by atoms with Gasteiger partial charge in [-0.05, 0) is 43.7 Å². The second kappa shape index (κ2) is 8.06. The third-order valence-electron chi connectivity index (χ3n) is 4.81. The fourth-order valence-corrected chi connectivity index (χ4v) is 3.55. The summed E-state index contributed by atoms with van der Waals surface area (Å²) in [5.41, 5.74) is 1.49. The van der Waals surface area contributed by atoms with Crippen molar-refractivity contribution >= 4 is 11.7 Å². The van der Waals surface area contributed by atoms with Crippen LogP contribution in [0.5, 0.6) is 11.5 Å². The molecule has 4 rings (SSSR count). The summed E-state index contributed by atoms with van der Waals surface area (Å²) in [4.78, 5) is 19.1. The Balaban J connectivity index is 1.36. The first-order chi connectivity index (χ1) is 13.6. The number of hydrogen-bond donors (Lipinski definition) is 1. The molecule has 1 saturated heterocycles. The smallest absolute Gasteiger partial charge is 0.253 e. The molecule has 0 aliphatic carbocycles. The molecule has 0 radical (unpaired) electrons. The summed E-state index contributed by atoms with van der Waals surface area (Å²) in [6.45, 7) is 7.23. The third kappa shape index (κ3) is 4.20. The number of morpholine rings is 1. The monoisotopic (exact) mass is 383 g/mol. The maximum absolute atomic E-state index is 12.5. The van der Waals surface area contributed by atoms with Crippen LogP contribution in [0.3, 0.4) is 0 Å². The number of nitrogens with one attached hydrogen (secondary N) is 1. The second-order valence-electron chi connectivity index (χ2n) is 7.23. The van der Waals surface area contributed by atoms with Crippen molar-refractivity contribution in [3.05, 3.63) is 47.7 Å². The number of benzene rings is 1. The van der Waals surface area contributed by atoms with Crippen LogP contribution in [-0.4, -0.2) is 49.4 Å². The van der Waals surface area contributed by atoms with E-state index in [2.05, 4.69) is 29.0 Å². The first kappa shape index (κ1) is 18.6. The first-order valence-electron chi connectivity index (χ1n) is 9.61. The van der Waals surface area contributed by atoms with Gasteiger partial charge in [-0.3, -0.25) is 4.79 Å². The second-order valence-corrected chi connectivity index (χ2v) is 7.23. The number of nitrogens with zero attached hydrogens (tertiary/aromatic N) is 2. The summed E-state index contributed by atoms with van der Waals surface area (Å²) < 4.78 is 16.9. The maximum atomic E-state index is 12.5. The summed E-state index contributed by atoms with van der Waals surface area (Å²) in [6.07, 6.45) is 1.96. The Morgan fingerprint density at radius 3 is 2.57 bits per heavy atom. The number of amides is 1. The molecule has 0 bridgehead atoms. The predicted molar refractivity (Wildman–Crippen MR) is 105 cm³/mol. The fraction of sp³-hybridized carbons (Fsp3) is 0.429. The molecule has 0 spiro atoms. The summed E-state index contributed by atoms with van der Waals surface area (Å²) >= 11 is 0. The van der Waals surface area contributed by atoms with Gasteiger partial charge >= 0.3 is 0 Å². The molecule has 7 heteroatoms. The SMILES string of the molecule is C[C@@H]1CN(c2ccc(C(=O)NCc3ccc4c(c3)OCCO4)cn2)C[C@@H](C)O1. The van der Waals surface area contributed by atoms with E-state index >= 15 is 0 Å². The molecule has 28 heavy (non-hydrogen) atoms. The molecule has 2 atom stereocenters. The van der Waals surface area contributed by atoms with Crippen LogP contribution in [0, 0.1) is 0 Å². The average Bonchev–Trinajstić information content (AvgIpc) is 2.71. The van der Waals surface area contributed by atoms with E-state index in [1.165, 1.54) is 0 Å². The van der Waals surface area contributed by atoms with Crippen molar-refractivity contribution in [2.45, 2.75) is 32.6 Å². The number of carbonyl (C=O) groups excluding carboxylic acids is 1. The van der Waals surface area contributed by atoms with Crippen LogP contribution < -0.4 is 19.7 Å². The molecule has 0 unspecified atom stereocenters. The molecule has 3 heterocycles. The minimum absolute atomic E-state index is 0.155. The predicted octanol–water partition coefficient (Wildman–Crippen LogP) is 2.40. The summed E-state index contributed by atoms with van der Waals surface area (Å²) in [6, 6.07) is 9.40. The maximum Gasteiger partial charge on any atom is 0.253 e. The van der Waals surface area contributed by atoms with Crippen LogP contribution >= 0.6 is 0 Å². The van der Waals surface area contributed by atoms with Gasteiger partial charge in [0, 0.05) is 25.8 Å². The Labute approximate surface area is 164 Å². The largest absolute Gasteiger partial charge is 0.486 e. The Morgan fingerprint density at radius 2 is 1.86 bits per heavy atom. The molecule has 2 aromatic rings. The Hall–Kier alpha value is -2.80. The Morgan fingerprint density at radius 1 is 1.11 bits per heavy atom. The zero-order valence-electron chi connectivity index (χ0n) is 16.2. The van der Waals surface area contributed by atoms with Crippen molar-refractivity contribution in [2.75, 3.05) is 31.2 Å². The number of anilines is 1. The quantitative estimate of drug-likeness (QED) is 0.874. The zero-order valence-corrected chi connectivity index (χ0v) is 16.2. The molecular formula is C21H25N3O4. The van der Waals surface area contributed by atoms with Crippen molar-refractivity contribution < 1.29 is 19.0 Å². The highest BCUT2D eigenvalue weighted by atomic mass is 16.6. The number of aromatic nitrogens is 1. The molecule has 1 N–H and O–H groups in total. The lowest BCUT2D eigenvalue weighted by Gasteiger charge is -2.36. The van der Waals surface area contributed by atoms with Gasteiger partial charge in [0.25, 0.3) is 5.91 Å². The van der Waals surface area contributed by atoms with Gasteiger partial charge in [0.15, 0.2) is 11.5 Å². The summed E-state index contributed by atoms with van der Waals surface area (Å²) in [5, 5.41) is 2.93. The average molecular weight is 383 g/mol. The number of rotatable bonds is 4. The van der Waals surface area contributed by atoms with Gasteiger partial charge in [0.05, 0.1) is 17.8 Å². The van der Waals surface area contributed by atoms with Crippen LogP contribution in [0.1, 0.15) is 29.8 Å². The van der Waals surface area contributed by atoms with Crippen molar-refractivity contribution in [3.8, 4) is 11.5 Å².